The van der Waals surface area contributed by atoms with Gasteiger partial charge in [-0.1, -0.05) is 0 Å². The van der Waals surface area contributed by atoms with Crippen molar-refractivity contribution in [2.24, 2.45) is 5.73 Å². The molecule has 30 heavy (non-hydrogen) atoms. The Morgan fingerprint density at radius 1 is 1.20 bits per heavy atom. The van der Waals surface area contributed by atoms with E-state index < -0.39 is 6.17 Å². The van der Waals surface area contributed by atoms with Gasteiger partial charge in [-0.15, -0.1) is 0 Å². The van der Waals surface area contributed by atoms with Crippen LogP contribution in [-0.4, -0.2) is 55.4 Å². The highest BCUT2D eigenvalue weighted by Gasteiger charge is 2.27. The van der Waals surface area contributed by atoms with Crippen molar-refractivity contribution in [1.82, 2.24) is 15.6 Å². The van der Waals surface area contributed by atoms with Gasteiger partial charge >= 0.3 is 0 Å². The van der Waals surface area contributed by atoms with E-state index >= 15 is 0 Å². The maximum atomic E-state index is 13.7. The molecule has 2 saturated heterocycles. The summed E-state index contributed by atoms with van der Waals surface area (Å²) >= 11 is 0. The van der Waals surface area contributed by atoms with Crippen molar-refractivity contribution in [3.63, 3.8) is 0 Å². The van der Waals surface area contributed by atoms with Crippen molar-refractivity contribution in [1.29, 1.82) is 0 Å². The fraction of sp³-hybridized carbons (Fsp3) is 0.545. The van der Waals surface area contributed by atoms with Gasteiger partial charge < -0.3 is 26.0 Å². The molecule has 2 aliphatic rings. The third kappa shape index (κ3) is 4.88. The minimum Gasteiger partial charge on any atom is -0.381 e. The molecule has 2 aliphatic heterocycles. The van der Waals surface area contributed by atoms with Gasteiger partial charge in [0.1, 0.15) is 11.6 Å². The van der Waals surface area contributed by atoms with Crippen molar-refractivity contribution < 1.29 is 13.9 Å². The van der Waals surface area contributed by atoms with E-state index in [0.717, 1.165) is 57.4 Å². The van der Waals surface area contributed by atoms with Crippen LogP contribution >= 0.6 is 0 Å². The molecule has 4 rings (SSSR count). The first-order valence-electron chi connectivity index (χ1n) is 10.7. The smallest absolute Gasteiger partial charge is 0.256 e. The van der Waals surface area contributed by atoms with Crippen molar-refractivity contribution in [2.75, 3.05) is 31.2 Å². The summed E-state index contributed by atoms with van der Waals surface area (Å²) in [6.07, 6.45) is 3.58. The lowest BCUT2D eigenvalue weighted by molar-refractivity contribution is 0.0738. The summed E-state index contributed by atoms with van der Waals surface area (Å²) in [7, 11) is 0. The highest BCUT2D eigenvalue weighted by molar-refractivity contribution is 6.02. The molecule has 1 amide bonds. The summed E-state index contributed by atoms with van der Waals surface area (Å²) in [6.45, 7) is 4.94. The predicted molar refractivity (Wildman–Crippen MR) is 115 cm³/mol. The van der Waals surface area contributed by atoms with Gasteiger partial charge in [0.05, 0.1) is 17.2 Å². The van der Waals surface area contributed by atoms with E-state index in [1.165, 1.54) is 12.1 Å². The van der Waals surface area contributed by atoms with Crippen molar-refractivity contribution in [3.8, 4) is 0 Å². The van der Waals surface area contributed by atoms with Crippen LogP contribution in [0.3, 0.4) is 0 Å². The van der Waals surface area contributed by atoms with Crippen molar-refractivity contribution in [3.05, 3.63) is 35.6 Å². The zero-order valence-electron chi connectivity index (χ0n) is 17.4. The Morgan fingerprint density at radius 3 is 2.60 bits per heavy atom. The van der Waals surface area contributed by atoms with Gasteiger partial charge in [0.25, 0.3) is 5.91 Å². The molecule has 0 spiro atoms. The topological polar surface area (TPSA) is 92.5 Å². The summed E-state index contributed by atoms with van der Waals surface area (Å²) in [4.78, 5) is 19.6. The molecule has 0 radical (unpaired) electrons. The summed E-state index contributed by atoms with van der Waals surface area (Å²) in [5.41, 5.74) is 6.79. The molecule has 2 fully saturated rings. The number of nitrogens with one attached hydrogen (secondary N) is 2. The molecule has 7 nitrogen and oxygen atoms in total. The first kappa shape index (κ1) is 21.0. The molecule has 0 aliphatic carbocycles. The van der Waals surface area contributed by atoms with Crippen LogP contribution in [0.4, 0.5) is 10.2 Å². The Balaban J connectivity index is 1.53. The Morgan fingerprint density at radius 2 is 1.90 bits per heavy atom. The third-order valence-electron chi connectivity index (χ3n) is 5.85. The number of ether oxygens (including phenoxy) is 1. The highest BCUT2D eigenvalue weighted by Crippen LogP contribution is 2.27. The number of rotatable bonds is 5. The van der Waals surface area contributed by atoms with Gasteiger partial charge in [-0.3, -0.25) is 4.79 Å². The summed E-state index contributed by atoms with van der Waals surface area (Å²) in [5.74, 6) is -0.00922. The molecule has 8 heteroatoms. The Kier molecular flexibility index (Phi) is 6.46. The molecule has 1 atom stereocenters. The van der Waals surface area contributed by atoms with Crippen LogP contribution in [0.25, 0.3) is 10.9 Å². The fourth-order valence-corrected chi connectivity index (χ4v) is 4.28. The molecule has 1 unspecified atom stereocenters. The number of nitrogens with two attached hydrogens (primary N) is 1. The predicted octanol–water partition coefficient (Wildman–Crippen LogP) is 2.15. The van der Waals surface area contributed by atoms with Crippen LogP contribution in [0.15, 0.2) is 24.3 Å². The zero-order chi connectivity index (χ0) is 21.1. The number of nitrogens with zero attached hydrogens (tertiary/aromatic N) is 2. The molecular formula is C22H30FN5O2. The average Bonchev–Trinajstić information content (AvgIpc) is 2.73. The van der Waals surface area contributed by atoms with E-state index in [9.17, 15) is 9.18 Å². The van der Waals surface area contributed by atoms with E-state index in [4.69, 9.17) is 10.5 Å². The number of carbonyl (C=O) groups excluding carboxylic acids is 1. The Labute approximate surface area is 176 Å². The third-order valence-corrected chi connectivity index (χ3v) is 5.85. The summed E-state index contributed by atoms with van der Waals surface area (Å²) < 4.78 is 19.2. The van der Waals surface area contributed by atoms with Gasteiger partial charge in [0.2, 0.25) is 0 Å². The standard InChI is InChI=1S/C22H30FN5O2/c1-14(24)25-22(29)19-12-15-2-3-16(23)13-20(15)27-21(19)28-8-4-17(5-9-28)26-18-6-10-30-11-7-18/h2-3,12-14,17-18,26H,4-11,24H2,1H3,(H,25,29). The van der Waals surface area contributed by atoms with Crippen molar-refractivity contribution in [2.45, 2.75) is 50.9 Å². The van der Waals surface area contributed by atoms with E-state index in [1.807, 2.05) is 0 Å². The quantitative estimate of drug-likeness (QED) is 0.648. The van der Waals surface area contributed by atoms with Gasteiger partial charge in [-0.25, -0.2) is 9.37 Å². The number of amides is 1. The van der Waals surface area contributed by atoms with E-state index in [0.29, 0.717) is 29.0 Å². The van der Waals surface area contributed by atoms with Crippen LogP contribution in [0, 0.1) is 5.82 Å². The molecular weight excluding hydrogens is 385 g/mol. The Bertz CT molecular complexity index is 892. The highest BCUT2D eigenvalue weighted by atomic mass is 19.1. The van der Waals surface area contributed by atoms with Crippen molar-refractivity contribution >= 4 is 22.6 Å². The number of halogens is 1. The second kappa shape index (κ2) is 9.24. The first-order valence-corrected chi connectivity index (χ1v) is 10.7. The average molecular weight is 416 g/mol. The lowest BCUT2D eigenvalue weighted by Gasteiger charge is -2.36. The number of hydrogen-bond donors (Lipinski definition) is 3. The number of anilines is 1. The lowest BCUT2D eigenvalue weighted by atomic mass is 10.0. The monoisotopic (exact) mass is 415 g/mol. The van der Waals surface area contributed by atoms with Gasteiger partial charge in [0.15, 0.2) is 0 Å². The molecule has 2 aromatic rings. The minimum absolute atomic E-state index is 0.263. The zero-order valence-corrected chi connectivity index (χ0v) is 17.4. The number of aromatic nitrogens is 1. The normalized spacial score (nSPS) is 19.8. The van der Waals surface area contributed by atoms with Gasteiger partial charge in [-0.05, 0) is 50.8 Å². The number of benzene rings is 1. The van der Waals surface area contributed by atoms with E-state index in [1.54, 1.807) is 19.1 Å². The number of pyridine rings is 1. The lowest BCUT2D eigenvalue weighted by Crippen LogP contribution is -2.48. The van der Waals surface area contributed by atoms with Crippen LogP contribution in [-0.2, 0) is 4.74 Å². The molecule has 0 saturated carbocycles. The van der Waals surface area contributed by atoms with E-state index in [2.05, 4.69) is 20.5 Å². The second-order valence-corrected chi connectivity index (χ2v) is 8.27. The first-order chi connectivity index (χ1) is 14.5. The number of fused-ring (bicyclic) bond motifs is 1. The Hall–Kier alpha value is -2.29. The van der Waals surface area contributed by atoms with Crippen LogP contribution in [0.5, 0.6) is 0 Å². The van der Waals surface area contributed by atoms with Gasteiger partial charge in [0, 0.05) is 49.8 Å². The SMILES string of the molecule is CC(N)NC(=O)c1cc2ccc(F)cc2nc1N1CCC(NC2CCOCC2)CC1. The molecule has 1 aromatic carbocycles. The van der Waals surface area contributed by atoms with Crippen LogP contribution in [0.1, 0.15) is 43.0 Å². The molecule has 3 heterocycles. The number of carbonyl (C=O) groups is 1. The fourth-order valence-electron chi connectivity index (χ4n) is 4.28. The largest absolute Gasteiger partial charge is 0.381 e. The van der Waals surface area contributed by atoms with E-state index in [-0.39, 0.29) is 11.7 Å². The van der Waals surface area contributed by atoms with Gasteiger partial charge in [-0.2, -0.15) is 0 Å². The summed E-state index contributed by atoms with van der Waals surface area (Å²) in [6, 6.07) is 7.18. The number of piperidine rings is 1. The summed E-state index contributed by atoms with van der Waals surface area (Å²) in [5, 5.41) is 7.24. The minimum atomic E-state index is -0.469. The maximum Gasteiger partial charge on any atom is 0.256 e. The molecule has 162 valence electrons. The second-order valence-electron chi connectivity index (χ2n) is 8.27. The maximum absolute atomic E-state index is 13.7. The molecule has 1 aromatic heterocycles. The van der Waals surface area contributed by atoms with Crippen LogP contribution < -0.4 is 21.3 Å². The molecule has 0 bridgehead atoms. The molecule has 4 N–H and O–H groups in total. The number of hydrogen-bond acceptors (Lipinski definition) is 6. The van der Waals surface area contributed by atoms with Crippen LogP contribution in [0.2, 0.25) is 0 Å².